The smallest absolute Gasteiger partial charge is 0.245 e. The van der Waals surface area contributed by atoms with E-state index in [1.54, 1.807) is 49.9 Å². The second kappa shape index (κ2) is 18.5. The van der Waals surface area contributed by atoms with Crippen LogP contribution in [0.1, 0.15) is 63.5 Å². The van der Waals surface area contributed by atoms with E-state index in [-0.39, 0.29) is 60.1 Å². The number of aromatic nitrogens is 2. The summed E-state index contributed by atoms with van der Waals surface area (Å²) in [6, 6.07) is 5.67. The molecule has 4 amide bonds. The van der Waals surface area contributed by atoms with E-state index in [2.05, 4.69) is 30.4 Å². The molecule has 62 heavy (non-hydrogen) atoms. The van der Waals surface area contributed by atoms with Crippen molar-refractivity contribution < 1.29 is 37.1 Å². The highest BCUT2D eigenvalue weighted by Crippen LogP contribution is 2.46. The van der Waals surface area contributed by atoms with Crippen LogP contribution in [0.25, 0.3) is 33.2 Å². The van der Waals surface area contributed by atoms with Gasteiger partial charge in [0.05, 0.1) is 45.0 Å². The van der Waals surface area contributed by atoms with E-state index in [0.717, 1.165) is 33.3 Å². The number of benzene rings is 2. The molecule has 6 heterocycles. The number of nitrogens with zero attached hydrogens (tertiary/aromatic N) is 4. The first-order chi connectivity index (χ1) is 29.8. The number of fused-ring (bicyclic) bond motifs is 8. The number of amides is 4. The SMILES string of the molecule is CN[C@@H](C)C(=O)NC1CCCC[C@@H](NC(=O)[C@H](C)NC)C(=O)N2CC(SO)C[C@H]2Cc2c3n(c4cc(F)ccc24)CCn2c-3c(c3ccc(F)cc32)C[C@@H]2CC(SO)CN2C1=O. The number of nitrogens with one attached hydrogen (secondary N) is 4. The van der Waals surface area contributed by atoms with Gasteiger partial charge >= 0.3 is 0 Å². The highest BCUT2D eigenvalue weighted by Gasteiger charge is 2.43. The van der Waals surface area contributed by atoms with E-state index in [9.17, 15) is 28.3 Å². The molecule has 8 rings (SSSR count). The minimum atomic E-state index is -0.918. The molecule has 334 valence electrons. The van der Waals surface area contributed by atoms with Crippen LogP contribution in [0.4, 0.5) is 8.78 Å². The third-order valence-corrected chi connectivity index (χ3v) is 14.9. The molecule has 0 aliphatic carbocycles. The summed E-state index contributed by atoms with van der Waals surface area (Å²) < 4.78 is 55.5. The maximum Gasteiger partial charge on any atom is 0.245 e. The van der Waals surface area contributed by atoms with Gasteiger partial charge in [0.1, 0.15) is 23.7 Å². The summed E-state index contributed by atoms with van der Waals surface area (Å²) in [6.45, 7) is 4.85. The molecule has 6 N–H and O–H groups in total. The summed E-state index contributed by atoms with van der Waals surface area (Å²) in [5, 5.41) is 12.9. The van der Waals surface area contributed by atoms with Crippen LogP contribution in [0.2, 0.25) is 0 Å². The second-order valence-corrected chi connectivity index (χ2v) is 19.1. The minimum Gasteiger partial charge on any atom is -0.343 e. The first kappa shape index (κ1) is 44.4. The third kappa shape index (κ3) is 8.33. The Labute approximate surface area is 368 Å². The molecule has 14 nitrogen and oxygen atoms in total. The molecular formula is C44H56F2N8O6S2. The van der Waals surface area contributed by atoms with E-state index in [4.69, 9.17) is 0 Å². The summed E-state index contributed by atoms with van der Waals surface area (Å²) in [4.78, 5) is 60.1. The zero-order valence-corrected chi connectivity index (χ0v) is 37.1. The average Bonchev–Trinajstić information content (AvgIpc) is 4.04. The van der Waals surface area contributed by atoms with Crippen LogP contribution in [0.15, 0.2) is 36.4 Å². The summed E-state index contributed by atoms with van der Waals surface area (Å²) in [7, 11) is 3.33. The van der Waals surface area contributed by atoms with Gasteiger partial charge in [-0.2, -0.15) is 0 Å². The lowest BCUT2D eigenvalue weighted by Crippen LogP contribution is -2.54. The molecule has 2 fully saturated rings. The number of aryl methyl sites for hydroxylation is 2. The Bertz CT molecular complexity index is 2210. The fourth-order valence-electron chi connectivity index (χ4n) is 10.2. The average molecular weight is 895 g/mol. The van der Waals surface area contributed by atoms with E-state index in [1.807, 2.05) is 0 Å². The Morgan fingerprint density at radius 2 is 1.10 bits per heavy atom. The topological polar surface area (TPSA) is 173 Å². The largest absolute Gasteiger partial charge is 0.343 e. The van der Waals surface area contributed by atoms with Gasteiger partial charge < -0.3 is 49.3 Å². The Morgan fingerprint density at radius 3 is 1.47 bits per heavy atom. The van der Waals surface area contributed by atoms with Gasteiger partial charge in [-0.05, 0) is 138 Å². The van der Waals surface area contributed by atoms with Gasteiger partial charge in [0.25, 0.3) is 0 Å². The molecule has 4 aliphatic heterocycles. The standard InChI is InChI=1S/C44H56F2N8O6S2/c1-23(47-3)41(55)49-35-7-5-6-8-36(50-42(56)24(2)48-4)44(58)54-22-30(62-60)18-28(54)20-34-32-12-10-26(46)16-38(32)52-14-13-51-37-15-25(45)9-11-31(37)33(39(51)40(34)52)19-27-17-29(61-59)21-53(27)43(35)57/h9-12,15-16,23-24,27-30,35-36,47-48,59-60H,5-8,13-14,17-22H2,1-4H3,(H,49,55)(H,50,56)/t23-,24-,27-,28-,29?,30?,35+,36?/m0/s1. The van der Waals surface area contributed by atoms with Crippen molar-refractivity contribution in [3.63, 3.8) is 0 Å². The van der Waals surface area contributed by atoms with Gasteiger partial charge in [0, 0.05) is 49.0 Å². The number of likely N-dealkylation sites (N-methyl/N-ethyl adjacent to an activating group) is 2. The Kier molecular flexibility index (Phi) is 13.2. The summed E-state index contributed by atoms with van der Waals surface area (Å²) in [6.07, 6.45) is 3.10. The van der Waals surface area contributed by atoms with Crippen molar-refractivity contribution in [2.45, 2.75) is 125 Å². The lowest BCUT2D eigenvalue weighted by Gasteiger charge is -2.32. The monoisotopic (exact) mass is 894 g/mol. The van der Waals surface area contributed by atoms with E-state index < -0.39 is 47.9 Å². The fraction of sp³-hybridized carbons (Fsp3) is 0.545. The van der Waals surface area contributed by atoms with Crippen LogP contribution in [0.3, 0.4) is 0 Å². The van der Waals surface area contributed by atoms with Crippen molar-refractivity contribution in [3.05, 3.63) is 59.2 Å². The van der Waals surface area contributed by atoms with Gasteiger partial charge in [0.2, 0.25) is 23.6 Å². The predicted molar refractivity (Wildman–Crippen MR) is 238 cm³/mol. The number of carbonyl (C=O) groups excluding carboxylic acids is 4. The Balaban J connectivity index is 1.32. The van der Waals surface area contributed by atoms with E-state index in [1.165, 1.54) is 24.3 Å². The number of carbonyl (C=O) groups is 4. The van der Waals surface area contributed by atoms with Crippen molar-refractivity contribution >= 4 is 69.5 Å². The van der Waals surface area contributed by atoms with Crippen LogP contribution >= 0.6 is 24.1 Å². The number of halogens is 2. The molecule has 2 aromatic heterocycles. The molecule has 0 radical (unpaired) electrons. The molecule has 2 saturated heterocycles. The Morgan fingerprint density at radius 1 is 0.694 bits per heavy atom. The first-order valence-electron chi connectivity index (χ1n) is 21.6. The zero-order valence-electron chi connectivity index (χ0n) is 35.5. The van der Waals surface area contributed by atoms with Crippen LogP contribution < -0.4 is 21.3 Å². The van der Waals surface area contributed by atoms with Crippen LogP contribution in [-0.4, -0.2) is 126 Å². The maximum absolute atomic E-state index is 15.2. The highest BCUT2D eigenvalue weighted by atomic mass is 32.2. The highest BCUT2D eigenvalue weighted by molar-refractivity contribution is 7.94. The van der Waals surface area contributed by atoms with Crippen LogP contribution in [0, 0.1) is 11.6 Å². The molecule has 8 atom stereocenters. The molecule has 4 aliphatic rings. The lowest BCUT2D eigenvalue weighted by molar-refractivity contribution is -0.138. The number of rotatable bonds is 8. The number of hydrogen-bond acceptors (Lipinski definition) is 10. The normalized spacial score (nSPS) is 25.5. The van der Waals surface area contributed by atoms with Gasteiger partial charge in [-0.3, -0.25) is 19.2 Å². The van der Waals surface area contributed by atoms with Crippen molar-refractivity contribution in [2.24, 2.45) is 0 Å². The zero-order chi connectivity index (χ0) is 44.0. The summed E-state index contributed by atoms with van der Waals surface area (Å²) in [5.41, 5.74) is 4.78. The number of hydrogen-bond donors (Lipinski definition) is 6. The molecule has 0 saturated carbocycles. The maximum atomic E-state index is 15.2. The molecule has 2 aromatic carbocycles. The molecule has 0 spiro atoms. The van der Waals surface area contributed by atoms with Gasteiger partial charge in [-0.25, -0.2) is 8.78 Å². The lowest BCUT2D eigenvalue weighted by atomic mass is 9.94. The fourth-order valence-corrected chi connectivity index (χ4v) is 11.2. The molecular weight excluding hydrogens is 839 g/mol. The molecule has 18 heteroatoms. The summed E-state index contributed by atoms with van der Waals surface area (Å²) in [5.74, 6) is -2.05. The first-order valence-corrected chi connectivity index (χ1v) is 23.3. The summed E-state index contributed by atoms with van der Waals surface area (Å²) >= 11 is 1.42. The van der Waals surface area contributed by atoms with Gasteiger partial charge in [-0.15, -0.1) is 0 Å². The Hall–Kier alpha value is -4.20. The van der Waals surface area contributed by atoms with Gasteiger partial charge in [-0.1, -0.05) is 12.8 Å². The third-order valence-electron chi connectivity index (χ3n) is 13.6. The second-order valence-electron chi connectivity index (χ2n) is 17.3. The molecule has 0 bridgehead atoms. The molecule has 3 unspecified atom stereocenters. The van der Waals surface area contributed by atoms with Crippen molar-refractivity contribution in [3.8, 4) is 11.4 Å². The van der Waals surface area contributed by atoms with Crippen LogP contribution in [0.5, 0.6) is 0 Å². The minimum absolute atomic E-state index is 0.250. The van der Waals surface area contributed by atoms with Crippen molar-refractivity contribution in [1.82, 2.24) is 40.2 Å². The quantitative estimate of drug-likeness (QED) is 0.136. The van der Waals surface area contributed by atoms with Crippen LogP contribution in [-0.2, 0) is 45.1 Å². The van der Waals surface area contributed by atoms with E-state index >= 15 is 8.78 Å². The van der Waals surface area contributed by atoms with Gasteiger partial charge in [0.15, 0.2) is 0 Å². The van der Waals surface area contributed by atoms with Crippen molar-refractivity contribution in [1.29, 1.82) is 0 Å². The molecule has 4 aromatic rings. The van der Waals surface area contributed by atoms with Crippen molar-refractivity contribution in [2.75, 3.05) is 27.2 Å². The predicted octanol–water partition coefficient (Wildman–Crippen LogP) is 4.75. The van der Waals surface area contributed by atoms with E-state index in [0.29, 0.717) is 86.7 Å².